The first-order valence-corrected chi connectivity index (χ1v) is 6.66. The highest BCUT2D eigenvalue weighted by molar-refractivity contribution is 5.56. The van der Waals surface area contributed by atoms with E-state index in [0.29, 0.717) is 17.2 Å². The summed E-state index contributed by atoms with van der Waals surface area (Å²) < 4.78 is 15.9. The average Bonchev–Trinajstić information content (AvgIpc) is 2.45. The number of aliphatic hydroxyl groups excluding tert-OH is 1. The molecule has 1 aromatic rings. The van der Waals surface area contributed by atoms with Crippen LogP contribution in [0.2, 0.25) is 0 Å². The lowest BCUT2D eigenvalue weighted by Crippen LogP contribution is -2.03. The summed E-state index contributed by atoms with van der Waals surface area (Å²) in [4.78, 5) is 0. The van der Waals surface area contributed by atoms with E-state index in [-0.39, 0.29) is 0 Å². The Bertz CT molecular complexity index is 390. The van der Waals surface area contributed by atoms with Crippen LogP contribution >= 0.6 is 0 Å². The molecule has 0 aliphatic carbocycles. The van der Waals surface area contributed by atoms with E-state index in [1.165, 1.54) is 0 Å². The maximum atomic E-state index is 10.3. The van der Waals surface area contributed by atoms with Gasteiger partial charge in [-0.05, 0) is 18.6 Å². The monoisotopic (exact) mass is 268 g/mol. The van der Waals surface area contributed by atoms with Gasteiger partial charge in [-0.15, -0.1) is 0 Å². The van der Waals surface area contributed by atoms with E-state index in [4.69, 9.17) is 14.2 Å². The fourth-order valence-electron chi connectivity index (χ4n) is 2.13. The van der Waals surface area contributed by atoms with E-state index in [1.54, 1.807) is 27.4 Å². The zero-order chi connectivity index (χ0) is 14.3. The Morgan fingerprint density at radius 3 is 2.21 bits per heavy atom. The fourth-order valence-corrected chi connectivity index (χ4v) is 2.13. The molecule has 1 rings (SSSR count). The van der Waals surface area contributed by atoms with Crippen molar-refractivity contribution in [3.63, 3.8) is 0 Å². The molecule has 0 radical (unpaired) electrons. The minimum absolute atomic E-state index is 0.525. The van der Waals surface area contributed by atoms with Gasteiger partial charge in [0.1, 0.15) is 0 Å². The highest BCUT2D eigenvalue weighted by atomic mass is 16.5. The summed E-state index contributed by atoms with van der Waals surface area (Å²) in [6.07, 6.45) is 3.43. The summed E-state index contributed by atoms with van der Waals surface area (Å²) in [6.45, 7) is 2.14. The van der Waals surface area contributed by atoms with Crippen LogP contribution in [0.3, 0.4) is 0 Å². The van der Waals surface area contributed by atoms with Gasteiger partial charge < -0.3 is 19.3 Å². The first-order valence-electron chi connectivity index (χ1n) is 6.66. The number of benzene rings is 1. The summed E-state index contributed by atoms with van der Waals surface area (Å²) in [7, 11) is 4.71. The maximum Gasteiger partial charge on any atom is 0.203 e. The van der Waals surface area contributed by atoms with Crippen molar-refractivity contribution in [2.75, 3.05) is 21.3 Å². The van der Waals surface area contributed by atoms with E-state index >= 15 is 0 Å². The minimum Gasteiger partial charge on any atom is -0.493 e. The third-order valence-corrected chi connectivity index (χ3v) is 3.17. The van der Waals surface area contributed by atoms with Gasteiger partial charge >= 0.3 is 0 Å². The first-order chi connectivity index (χ1) is 9.19. The van der Waals surface area contributed by atoms with Gasteiger partial charge in [0.15, 0.2) is 11.5 Å². The summed E-state index contributed by atoms with van der Waals surface area (Å²) in [5.74, 6) is 1.67. The number of hydrogen-bond donors (Lipinski definition) is 1. The second-order valence-electron chi connectivity index (χ2n) is 4.44. The summed E-state index contributed by atoms with van der Waals surface area (Å²) >= 11 is 0. The van der Waals surface area contributed by atoms with Gasteiger partial charge in [0.05, 0.1) is 27.4 Å². The van der Waals surface area contributed by atoms with Crippen molar-refractivity contribution in [1.82, 2.24) is 0 Å². The molecule has 0 saturated heterocycles. The third kappa shape index (κ3) is 3.77. The molecule has 0 spiro atoms. The van der Waals surface area contributed by atoms with Crippen molar-refractivity contribution in [3.05, 3.63) is 17.7 Å². The van der Waals surface area contributed by atoms with Crippen molar-refractivity contribution < 1.29 is 19.3 Å². The molecular formula is C15H24O4. The maximum absolute atomic E-state index is 10.3. The quantitative estimate of drug-likeness (QED) is 0.735. The molecule has 0 amide bonds. The van der Waals surface area contributed by atoms with Crippen LogP contribution in [-0.4, -0.2) is 26.4 Å². The van der Waals surface area contributed by atoms with Crippen LogP contribution < -0.4 is 14.2 Å². The number of rotatable bonds is 8. The summed E-state index contributed by atoms with van der Waals surface area (Å²) in [5.41, 5.74) is 0.747. The van der Waals surface area contributed by atoms with E-state index < -0.39 is 6.10 Å². The van der Waals surface area contributed by atoms with Gasteiger partial charge in [0.25, 0.3) is 0 Å². The lowest BCUT2D eigenvalue weighted by Gasteiger charge is -2.19. The van der Waals surface area contributed by atoms with Crippen LogP contribution in [0.1, 0.15) is 44.3 Å². The standard InChI is InChI=1S/C15H24O4/c1-5-6-7-8-12(16)11-9-10-13(17-2)15(19-4)14(11)18-3/h9-10,12,16H,5-8H2,1-4H3. The van der Waals surface area contributed by atoms with E-state index in [2.05, 4.69) is 6.92 Å². The SMILES string of the molecule is CCCCCC(O)c1ccc(OC)c(OC)c1OC. The van der Waals surface area contributed by atoms with Gasteiger partial charge in [0.2, 0.25) is 5.75 Å². The molecule has 0 aromatic heterocycles. The zero-order valence-corrected chi connectivity index (χ0v) is 12.2. The van der Waals surface area contributed by atoms with Gasteiger partial charge in [-0.1, -0.05) is 26.2 Å². The molecule has 0 saturated carbocycles. The van der Waals surface area contributed by atoms with Crippen molar-refractivity contribution in [3.8, 4) is 17.2 Å². The zero-order valence-electron chi connectivity index (χ0n) is 12.2. The lowest BCUT2D eigenvalue weighted by molar-refractivity contribution is 0.158. The molecule has 1 unspecified atom stereocenters. The van der Waals surface area contributed by atoms with Crippen LogP contribution in [0.25, 0.3) is 0 Å². The Kier molecular flexibility index (Phi) is 6.50. The molecule has 0 heterocycles. The van der Waals surface area contributed by atoms with Crippen molar-refractivity contribution in [2.45, 2.75) is 38.7 Å². The Morgan fingerprint density at radius 1 is 1.00 bits per heavy atom. The molecule has 0 bridgehead atoms. The Balaban J connectivity index is 2.99. The molecule has 4 nitrogen and oxygen atoms in total. The van der Waals surface area contributed by atoms with Gasteiger partial charge in [0, 0.05) is 5.56 Å². The molecule has 108 valence electrons. The summed E-state index contributed by atoms with van der Waals surface area (Å²) in [5, 5.41) is 10.3. The fraction of sp³-hybridized carbons (Fsp3) is 0.600. The number of methoxy groups -OCH3 is 3. The Hall–Kier alpha value is -1.42. The molecule has 0 aliphatic heterocycles. The number of unbranched alkanes of at least 4 members (excludes halogenated alkanes) is 2. The molecule has 4 heteroatoms. The van der Waals surface area contributed by atoms with Crippen LogP contribution in [0, 0.1) is 0 Å². The van der Waals surface area contributed by atoms with Crippen molar-refractivity contribution in [2.24, 2.45) is 0 Å². The molecule has 19 heavy (non-hydrogen) atoms. The number of hydrogen-bond acceptors (Lipinski definition) is 4. The third-order valence-electron chi connectivity index (χ3n) is 3.17. The second-order valence-corrected chi connectivity index (χ2v) is 4.44. The molecule has 1 atom stereocenters. The van der Waals surface area contributed by atoms with Crippen molar-refractivity contribution >= 4 is 0 Å². The van der Waals surface area contributed by atoms with Gasteiger partial charge in [-0.2, -0.15) is 0 Å². The predicted molar refractivity (Wildman–Crippen MR) is 75.2 cm³/mol. The van der Waals surface area contributed by atoms with Crippen LogP contribution in [0.15, 0.2) is 12.1 Å². The van der Waals surface area contributed by atoms with Crippen LogP contribution in [-0.2, 0) is 0 Å². The predicted octanol–water partition coefficient (Wildman–Crippen LogP) is 3.33. The Labute approximate surface area is 115 Å². The van der Waals surface area contributed by atoms with Gasteiger partial charge in [-0.3, -0.25) is 0 Å². The smallest absolute Gasteiger partial charge is 0.203 e. The number of aliphatic hydroxyl groups is 1. The molecule has 1 N–H and O–H groups in total. The van der Waals surface area contributed by atoms with Crippen molar-refractivity contribution in [1.29, 1.82) is 0 Å². The van der Waals surface area contributed by atoms with E-state index in [0.717, 1.165) is 31.2 Å². The highest BCUT2D eigenvalue weighted by Gasteiger charge is 2.20. The molecular weight excluding hydrogens is 244 g/mol. The van der Waals surface area contributed by atoms with E-state index in [9.17, 15) is 5.11 Å². The number of ether oxygens (including phenoxy) is 3. The van der Waals surface area contributed by atoms with E-state index in [1.807, 2.05) is 6.07 Å². The summed E-state index contributed by atoms with van der Waals surface area (Å²) in [6, 6.07) is 3.62. The highest BCUT2D eigenvalue weighted by Crippen LogP contribution is 2.42. The van der Waals surface area contributed by atoms with Crippen LogP contribution in [0.4, 0.5) is 0 Å². The largest absolute Gasteiger partial charge is 0.493 e. The molecule has 1 aromatic carbocycles. The average molecular weight is 268 g/mol. The normalized spacial score (nSPS) is 12.1. The second kappa shape index (κ2) is 7.89. The lowest BCUT2D eigenvalue weighted by atomic mass is 10.0. The van der Waals surface area contributed by atoms with Gasteiger partial charge in [-0.25, -0.2) is 0 Å². The molecule has 0 fully saturated rings. The first kappa shape index (κ1) is 15.6. The Morgan fingerprint density at radius 2 is 1.68 bits per heavy atom. The minimum atomic E-state index is -0.540. The molecule has 0 aliphatic rings. The van der Waals surface area contributed by atoms with Crippen LogP contribution in [0.5, 0.6) is 17.2 Å². The topological polar surface area (TPSA) is 47.9 Å².